The Bertz CT molecular complexity index is 334. The minimum Gasteiger partial charge on any atom is -0.388 e. The number of rotatable bonds is 7. The molecule has 2 nitrogen and oxygen atoms in total. The van der Waals surface area contributed by atoms with Crippen molar-refractivity contribution >= 4 is 0 Å². The zero-order chi connectivity index (χ0) is 13.6. The highest BCUT2D eigenvalue weighted by atomic mass is 16.3. The molecule has 0 saturated heterocycles. The van der Waals surface area contributed by atoms with Gasteiger partial charge in [-0.25, -0.2) is 0 Å². The van der Waals surface area contributed by atoms with Crippen LogP contribution in [0.2, 0.25) is 0 Å². The second kappa shape index (κ2) is 6.91. The number of benzene rings is 1. The van der Waals surface area contributed by atoms with Crippen molar-refractivity contribution in [2.24, 2.45) is 11.7 Å². The smallest absolute Gasteiger partial charge is 0.0790 e. The molecule has 18 heavy (non-hydrogen) atoms. The largest absolute Gasteiger partial charge is 0.388 e. The fraction of sp³-hybridized carbons (Fsp3) is 0.625. The zero-order valence-electron chi connectivity index (χ0n) is 11.9. The average Bonchev–Trinajstić information content (AvgIpc) is 2.37. The SMILES string of the molecule is CCCC(C)C(C)(N)CCC(O)c1ccccc1. The van der Waals surface area contributed by atoms with Crippen LogP contribution in [0.4, 0.5) is 0 Å². The van der Waals surface area contributed by atoms with Crippen molar-refractivity contribution in [2.45, 2.75) is 58.1 Å². The van der Waals surface area contributed by atoms with Gasteiger partial charge in [0.25, 0.3) is 0 Å². The molecule has 0 aromatic heterocycles. The van der Waals surface area contributed by atoms with Crippen LogP contribution in [0.1, 0.15) is 58.1 Å². The first kappa shape index (κ1) is 15.2. The molecule has 3 N–H and O–H groups in total. The van der Waals surface area contributed by atoms with Gasteiger partial charge in [-0.2, -0.15) is 0 Å². The quantitative estimate of drug-likeness (QED) is 0.774. The molecule has 0 saturated carbocycles. The predicted molar refractivity (Wildman–Crippen MR) is 77.3 cm³/mol. The van der Waals surface area contributed by atoms with E-state index < -0.39 is 6.10 Å². The lowest BCUT2D eigenvalue weighted by atomic mass is 9.80. The van der Waals surface area contributed by atoms with Gasteiger partial charge in [0.05, 0.1) is 6.10 Å². The third-order valence-electron chi connectivity index (χ3n) is 3.99. The van der Waals surface area contributed by atoms with Crippen molar-refractivity contribution in [1.82, 2.24) is 0 Å². The minimum atomic E-state index is -0.400. The normalized spacial score (nSPS) is 18.1. The molecule has 3 unspecified atom stereocenters. The Balaban J connectivity index is 2.49. The van der Waals surface area contributed by atoms with Crippen LogP contribution in [0.5, 0.6) is 0 Å². The van der Waals surface area contributed by atoms with E-state index in [1.165, 1.54) is 0 Å². The Labute approximate surface area is 111 Å². The van der Waals surface area contributed by atoms with Gasteiger partial charge in [0.2, 0.25) is 0 Å². The van der Waals surface area contributed by atoms with Crippen molar-refractivity contribution in [1.29, 1.82) is 0 Å². The maximum absolute atomic E-state index is 10.1. The van der Waals surface area contributed by atoms with Crippen LogP contribution in [0.15, 0.2) is 30.3 Å². The molecular formula is C16H27NO. The monoisotopic (exact) mass is 249 g/mol. The number of hydrogen-bond donors (Lipinski definition) is 2. The van der Waals surface area contributed by atoms with E-state index in [4.69, 9.17) is 5.73 Å². The molecule has 0 aliphatic rings. The number of aliphatic hydroxyl groups is 1. The van der Waals surface area contributed by atoms with E-state index in [2.05, 4.69) is 20.8 Å². The summed E-state index contributed by atoms with van der Waals surface area (Å²) >= 11 is 0. The number of nitrogens with two attached hydrogens (primary N) is 1. The van der Waals surface area contributed by atoms with Crippen LogP contribution in [-0.4, -0.2) is 10.6 Å². The van der Waals surface area contributed by atoms with Crippen molar-refractivity contribution in [3.8, 4) is 0 Å². The molecule has 102 valence electrons. The third-order valence-corrected chi connectivity index (χ3v) is 3.99. The molecule has 1 aromatic carbocycles. The maximum Gasteiger partial charge on any atom is 0.0790 e. The fourth-order valence-electron chi connectivity index (χ4n) is 2.30. The first-order chi connectivity index (χ1) is 8.47. The molecule has 0 aliphatic heterocycles. The number of hydrogen-bond acceptors (Lipinski definition) is 2. The summed E-state index contributed by atoms with van der Waals surface area (Å²) in [5.41, 5.74) is 7.16. The van der Waals surface area contributed by atoms with Gasteiger partial charge >= 0.3 is 0 Å². The summed E-state index contributed by atoms with van der Waals surface area (Å²) in [5.74, 6) is 0.491. The lowest BCUT2D eigenvalue weighted by molar-refractivity contribution is 0.143. The molecule has 0 fully saturated rings. The Morgan fingerprint density at radius 2 is 1.83 bits per heavy atom. The van der Waals surface area contributed by atoms with E-state index in [0.717, 1.165) is 31.2 Å². The van der Waals surface area contributed by atoms with Crippen LogP contribution in [0, 0.1) is 5.92 Å². The standard InChI is InChI=1S/C16H27NO/c1-4-8-13(2)16(3,17)12-11-15(18)14-9-6-5-7-10-14/h5-7,9-10,13,15,18H,4,8,11-12,17H2,1-3H3. The van der Waals surface area contributed by atoms with Crippen LogP contribution in [0.3, 0.4) is 0 Å². The highest BCUT2D eigenvalue weighted by Crippen LogP contribution is 2.28. The third kappa shape index (κ3) is 4.43. The van der Waals surface area contributed by atoms with E-state index in [1.807, 2.05) is 30.3 Å². The minimum absolute atomic E-state index is 0.189. The summed E-state index contributed by atoms with van der Waals surface area (Å²) in [6.07, 6.45) is 3.49. The summed E-state index contributed by atoms with van der Waals surface area (Å²) in [5, 5.41) is 10.1. The van der Waals surface area contributed by atoms with Gasteiger partial charge in [0.15, 0.2) is 0 Å². The van der Waals surface area contributed by atoms with Crippen LogP contribution < -0.4 is 5.73 Å². The van der Waals surface area contributed by atoms with Gasteiger partial charge in [0.1, 0.15) is 0 Å². The molecule has 0 aliphatic carbocycles. The molecule has 3 atom stereocenters. The summed E-state index contributed by atoms with van der Waals surface area (Å²) < 4.78 is 0. The molecule has 1 aromatic rings. The summed E-state index contributed by atoms with van der Waals surface area (Å²) in [6, 6.07) is 9.81. The molecule has 0 radical (unpaired) electrons. The van der Waals surface area contributed by atoms with Gasteiger partial charge in [-0.05, 0) is 37.7 Å². The van der Waals surface area contributed by atoms with E-state index in [-0.39, 0.29) is 5.54 Å². The highest BCUT2D eigenvalue weighted by Gasteiger charge is 2.26. The zero-order valence-corrected chi connectivity index (χ0v) is 11.9. The van der Waals surface area contributed by atoms with Crippen molar-refractivity contribution in [3.05, 3.63) is 35.9 Å². The molecule has 1 rings (SSSR count). The molecule has 0 heterocycles. The van der Waals surface area contributed by atoms with Crippen LogP contribution in [-0.2, 0) is 0 Å². The van der Waals surface area contributed by atoms with Crippen LogP contribution >= 0.6 is 0 Å². The Morgan fingerprint density at radius 3 is 2.39 bits per heavy atom. The van der Waals surface area contributed by atoms with Gasteiger partial charge in [-0.15, -0.1) is 0 Å². The molecule has 0 bridgehead atoms. The van der Waals surface area contributed by atoms with Gasteiger partial charge in [-0.1, -0.05) is 50.6 Å². The molecule has 0 amide bonds. The van der Waals surface area contributed by atoms with E-state index >= 15 is 0 Å². The summed E-state index contributed by atoms with van der Waals surface area (Å²) in [7, 11) is 0. The molecule has 0 spiro atoms. The summed E-state index contributed by atoms with van der Waals surface area (Å²) in [6.45, 7) is 6.49. The van der Waals surface area contributed by atoms with Gasteiger partial charge in [0, 0.05) is 5.54 Å². The Hall–Kier alpha value is -0.860. The lowest BCUT2D eigenvalue weighted by Crippen LogP contribution is -2.43. The topological polar surface area (TPSA) is 46.2 Å². The van der Waals surface area contributed by atoms with E-state index in [1.54, 1.807) is 0 Å². The lowest BCUT2D eigenvalue weighted by Gasteiger charge is -2.32. The van der Waals surface area contributed by atoms with Crippen molar-refractivity contribution in [3.63, 3.8) is 0 Å². The predicted octanol–water partition coefficient (Wildman–Crippen LogP) is 3.65. The average molecular weight is 249 g/mol. The second-order valence-corrected chi connectivity index (χ2v) is 5.66. The Morgan fingerprint density at radius 1 is 1.22 bits per heavy atom. The highest BCUT2D eigenvalue weighted by molar-refractivity contribution is 5.17. The molecule has 2 heteroatoms. The summed E-state index contributed by atoms with van der Waals surface area (Å²) in [4.78, 5) is 0. The Kier molecular flexibility index (Phi) is 5.83. The van der Waals surface area contributed by atoms with Gasteiger partial charge < -0.3 is 10.8 Å². The second-order valence-electron chi connectivity index (χ2n) is 5.66. The van der Waals surface area contributed by atoms with Gasteiger partial charge in [-0.3, -0.25) is 0 Å². The first-order valence-electron chi connectivity index (χ1n) is 6.99. The number of aliphatic hydroxyl groups excluding tert-OH is 1. The fourth-order valence-corrected chi connectivity index (χ4v) is 2.30. The van der Waals surface area contributed by atoms with Crippen molar-refractivity contribution < 1.29 is 5.11 Å². The van der Waals surface area contributed by atoms with Crippen LogP contribution in [0.25, 0.3) is 0 Å². The van der Waals surface area contributed by atoms with E-state index in [0.29, 0.717) is 5.92 Å². The maximum atomic E-state index is 10.1. The van der Waals surface area contributed by atoms with Crippen molar-refractivity contribution in [2.75, 3.05) is 0 Å². The first-order valence-corrected chi connectivity index (χ1v) is 6.99. The molecular weight excluding hydrogens is 222 g/mol. The van der Waals surface area contributed by atoms with E-state index in [9.17, 15) is 5.11 Å².